The minimum Gasteiger partial charge on any atom is -0.422 e. The summed E-state index contributed by atoms with van der Waals surface area (Å²) in [6.07, 6.45) is -0.899. The summed E-state index contributed by atoms with van der Waals surface area (Å²) in [4.78, 5) is 0. The van der Waals surface area contributed by atoms with Crippen molar-refractivity contribution >= 4 is 12.4 Å². The van der Waals surface area contributed by atoms with Gasteiger partial charge in [0.05, 0.1) is 0 Å². The van der Waals surface area contributed by atoms with E-state index in [1.54, 1.807) is 0 Å². The lowest BCUT2D eigenvalue weighted by atomic mass is 9.97. The van der Waals surface area contributed by atoms with E-state index in [-0.39, 0.29) is 29.6 Å². The fraction of sp³-hybridized carbons (Fsp3) is 0.818. The van der Waals surface area contributed by atoms with Crippen LogP contribution in [0.1, 0.15) is 52.5 Å². The molecule has 0 fully saturated rings. The second kappa shape index (κ2) is 5.80. The highest BCUT2D eigenvalue weighted by Crippen LogP contribution is 2.24. The predicted octanol–water partition coefficient (Wildman–Crippen LogP) is 1.81. The molecular weight excluding hydrogens is 242 g/mol. The molecule has 0 aliphatic rings. The highest BCUT2D eigenvalue weighted by atomic mass is 35.5. The van der Waals surface area contributed by atoms with Crippen molar-refractivity contribution in [3.05, 3.63) is 11.8 Å². The van der Waals surface area contributed by atoms with Gasteiger partial charge in [-0.15, -0.1) is 22.6 Å². The fourth-order valence-corrected chi connectivity index (χ4v) is 1.19. The van der Waals surface area contributed by atoms with Crippen LogP contribution in [0.2, 0.25) is 0 Å². The molecule has 100 valence electrons. The number of aliphatic hydroxyl groups is 1. The second-order valence-corrected chi connectivity index (χ2v) is 5.46. The molecule has 0 bridgehead atoms. The van der Waals surface area contributed by atoms with E-state index in [0.29, 0.717) is 5.89 Å². The quantitative estimate of drug-likeness (QED) is 0.869. The maximum Gasteiger partial charge on any atom is 0.246 e. The molecule has 0 aliphatic heterocycles. The molecule has 1 heterocycles. The summed E-state index contributed by atoms with van der Waals surface area (Å²) in [7, 11) is 0. The molecule has 5 nitrogen and oxygen atoms in total. The van der Waals surface area contributed by atoms with E-state index in [0.717, 1.165) is 0 Å². The number of rotatable bonds is 3. The number of hydrogen-bond donors (Lipinski definition) is 2. The normalized spacial score (nSPS) is 15.5. The Kier molecular flexibility index (Phi) is 5.58. The Morgan fingerprint density at radius 1 is 1.24 bits per heavy atom. The van der Waals surface area contributed by atoms with Gasteiger partial charge in [0.2, 0.25) is 11.8 Å². The van der Waals surface area contributed by atoms with Gasteiger partial charge in [-0.05, 0) is 5.92 Å². The molecule has 0 aromatic carbocycles. The van der Waals surface area contributed by atoms with Crippen molar-refractivity contribution in [3.63, 3.8) is 0 Å². The van der Waals surface area contributed by atoms with Gasteiger partial charge in [0, 0.05) is 11.5 Å². The minimum absolute atomic E-state index is 0. The zero-order valence-electron chi connectivity index (χ0n) is 11.0. The first-order valence-corrected chi connectivity index (χ1v) is 5.51. The van der Waals surface area contributed by atoms with Crippen molar-refractivity contribution < 1.29 is 9.52 Å². The molecule has 2 unspecified atom stereocenters. The first-order valence-electron chi connectivity index (χ1n) is 5.51. The molecule has 3 N–H and O–H groups in total. The molecule has 0 aliphatic carbocycles. The fourth-order valence-electron chi connectivity index (χ4n) is 1.19. The molecule has 1 aromatic heterocycles. The second-order valence-electron chi connectivity index (χ2n) is 5.46. The minimum atomic E-state index is -0.899. The zero-order chi connectivity index (χ0) is 12.5. The van der Waals surface area contributed by atoms with Gasteiger partial charge in [-0.1, -0.05) is 34.6 Å². The van der Waals surface area contributed by atoms with Crippen molar-refractivity contribution in [1.82, 2.24) is 10.2 Å². The third-order valence-corrected chi connectivity index (χ3v) is 2.47. The van der Waals surface area contributed by atoms with Gasteiger partial charge in [0.1, 0.15) is 6.10 Å². The van der Waals surface area contributed by atoms with Crippen LogP contribution in [0.15, 0.2) is 4.42 Å². The molecule has 0 amide bonds. The van der Waals surface area contributed by atoms with Gasteiger partial charge in [-0.2, -0.15) is 0 Å². The SMILES string of the molecule is CC(C)C(N)C(O)c1nnc(C(C)(C)C)o1.Cl. The molecule has 0 saturated heterocycles. The first kappa shape index (κ1) is 16.4. The number of aliphatic hydroxyl groups excluding tert-OH is 1. The summed E-state index contributed by atoms with van der Waals surface area (Å²) < 4.78 is 5.43. The molecule has 6 heteroatoms. The lowest BCUT2D eigenvalue weighted by Crippen LogP contribution is -2.33. The van der Waals surface area contributed by atoms with Crippen molar-refractivity contribution in [2.75, 3.05) is 0 Å². The molecule has 0 saturated carbocycles. The van der Waals surface area contributed by atoms with Gasteiger partial charge in [-0.25, -0.2) is 0 Å². The van der Waals surface area contributed by atoms with Crippen molar-refractivity contribution in [3.8, 4) is 0 Å². The zero-order valence-corrected chi connectivity index (χ0v) is 11.8. The topological polar surface area (TPSA) is 85.2 Å². The number of aromatic nitrogens is 2. The largest absolute Gasteiger partial charge is 0.422 e. The number of nitrogens with two attached hydrogens (primary N) is 1. The summed E-state index contributed by atoms with van der Waals surface area (Å²) in [5.74, 6) is 0.864. The van der Waals surface area contributed by atoms with E-state index < -0.39 is 12.1 Å². The number of hydrogen-bond acceptors (Lipinski definition) is 5. The first-order chi connectivity index (χ1) is 7.23. The van der Waals surface area contributed by atoms with E-state index >= 15 is 0 Å². The van der Waals surface area contributed by atoms with Crippen molar-refractivity contribution in [2.24, 2.45) is 11.7 Å². The van der Waals surface area contributed by atoms with Crippen molar-refractivity contribution in [1.29, 1.82) is 0 Å². The Hall–Kier alpha value is -0.650. The highest BCUT2D eigenvalue weighted by Gasteiger charge is 2.28. The van der Waals surface area contributed by atoms with Crippen LogP contribution < -0.4 is 5.73 Å². The van der Waals surface area contributed by atoms with Gasteiger partial charge >= 0.3 is 0 Å². The van der Waals surface area contributed by atoms with Gasteiger partial charge < -0.3 is 15.3 Å². The van der Waals surface area contributed by atoms with E-state index in [2.05, 4.69) is 10.2 Å². The molecular formula is C11H22ClN3O2. The maximum absolute atomic E-state index is 9.92. The van der Waals surface area contributed by atoms with Gasteiger partial charge in [0.25, 0.3) is 0 Å². The molecule has 1 aromatic rings. The Labute approximate surface area is 108 Å². The summed E-state index contributed by atoms with van der Waals surface area (Å²) >= 11 is 0. The molecule has 0 spiro atoms. The Morgan fingerprint density at radius 2 is 1.76 bits per heavy atom. The van der Waals surface area contributed by atoms with Crippen LogP contribution in [0, 0.1) is 5.92 Å². The Balaban J connectivity index is 0.00000256. The smallest absolute Gasteiger partial charge is 0.246 e. The lowest BCUT2D eigenvalue weighted by molar-refractivity contribution is 0.0946. The van der Waals surface area contributed by atoms with Crippen LogP contribution in [-0.4, -0.2) is 21.3 Å². The van der Waals surface area contributed by atoms with Crippen LogP contribution in [0.5, 0.6) is 0 Å². The standard InChI is InChI=1S/C11H21N3O2.ClH/c1-6(2)7(12)8(15)9-13-14-10(16-9)11(3,4)5;/h6-8,15H,12H2,1-5H3;1H. The van der Waals surface area contributed by atoms with E-state index in [1.807, 2.05) is 34.6 Å². The van der Waals surface area contributed by atoms with Crippen LogP contribution >= 0.6 is 12.4 Å². The monoisotopic (exact) mass is 263 g/mol. The van der Waals surface area contributed by atoms with Gasteiger partial charge in [0.15, 0.2) is 0 Å². The number of nitrogens with zero attached hydrogens (tertiary/aromatic N) is 2. The Bertz CT molecular complexity index is 347. The molecule has 1 rings (SSSR count). The molecule has 0 radical (unpaired) electrons. The Morgan fingerprint density at radius 3 is 2.12 bits per heavy atom. The molecule has 2 atom stereocenters. The van der Waals surface area contributed by atoms with Gasteiger partial charge in [-0.3, -0.25) is 0 Å². The van der Waals surface area contributed by atoms with E-state index in [1.165, 1.54) is 0 Å². The van der Waals surface area contributed by atoms with E-state index in [9.17, 15) is 5.11 Å². The van der Waals surface area contributed by atoms with Crippen LogP contribution in [0.4, 0.5) is 0 Å². The lowest BCUT2D eigenvalue weighted by Gasteiger charge is -2.19. The average molecular weight is 264 g/mol. The van der Waals surface area contributed by atoms with Crippen molar-refractivity contribution in [2.45, 2.75) is 52.2 Å². The number of halogens is 1. The summed E-state index contributed by atoms with van der Waals surface area (Å²) in [6, 6.07) is -0.395. The summed E-state index contributed by atoms with van der Waals surface area (Å²) in [5.41, 5.74) is 5.62. The summed E-state index contributed by atoms with van der Waals surface area (Å²) in [6.45, 7) is 9.79. The maximum atomic E-state index is 9.92. The average Bonchev–Trinajstić information content (AvgIpc) is 2.63. The third-order valence-electron chi connectivity index (χ3n) is 2.47. The summed E-state index contributed by atoms with van der Waals surface area (Å²) in [5, 5.41) is 17.7. The van der Waals surface area contributed by atoms with Crippen LogP contribution in [0.3, 0.4) is 0 Å². The predicted molar refractivity (Wildman–Crippen MR) is 68.0 cm³/mol. The molecule has 17 heavy (non-hydrogen) atoms. The highest BCUT2D eigenvalue weighted by molar-refractivity contribution is 5.85. The van der Waals surface area contributed by atoms with Crippen LogP contribution in [-0.2, 0) is 5.41 Å². The van der Waals surface area contributed by atoms with Crippen LogP contribution in [0.25, 0.3) is 0 Å². The van der Waals surface area contributed by atoms with E-state index in [4.69, 9.17) is 10.2 Å². The third kappa shape index (κ3) is 3.94.